The van der Waals surface area contributed by atoms with Crippen molar-refractivity contribution in [3.05, 3.63) is 80.5 Å². The van der Waals surface area contributed by atoms with Crippen molar-refractivity contribution in [2.45, 2.75) is 5.03 Å². The predicted molar refractivity (Wildman–Crippen MR) is 131 cm³/mol. The molecule has 1 amide bonds. The van der Waals surface area contributed by atoms with Gasteiger partial charge in [-0.25, -0.2) is 14.8 Å². The second-order valence-corrected chi connectivity index (χ2v) is 8.68. The van der Waals surface area contributed by atoms with E-state index in [-0.39, 0.29) is 28.5 Å². The number of anilines is 1. The molecule has 10 heteroatoms. The van der Waals surface area contributed by atoms with Gasteiger partial charge in [-0.3, -0.25) is 18.7 Å². The molecule has 0 aliphatic heterocycles. The highest BCUT2D eigenvalue weighted by Gasteiger charge is 2.20. The number of para-hydroxylation sites is 1. The van der Waals surface area contributed by atoms with Crippen LogP contribution in [-0.4, -0.2) is 37.8 Å². The molecule has 2 heterocycles. The molecular weight excluding hydrogens is 462 g/mol. The van der Waals surface area contributed by atoms with E-state index in [1.165, 1.54) is 18.7 Å². The summed E-state index contributed by atoms with van der Waals surface area (Å²) in [6, 6.07) is 16.3. The Morgan fingerprint density at radius 3 is 2.36 bits per heavy atom. The molecule has 0 saturated heterocycles. The highest BCUT2D eigenvalue weighted by molar-refractivity contribution is 8.00. The van der Waals surface area contributed by atoms with Gasteiger partial charge in [0.1, 0.15) is 10.4 Å². The van der Waals surface area contributed by atoms with E-state index >= 15 is 0 Å². The van der Waals surface area contributed by atoms with E-state index in [4.69, 9.17) is 11.6 Å². The number of amides is 1. The highest BCUT2D eigenvalue weighted by Crippen LogP contribution is 2.30. The van der Waals surface area contributed by atoms with Gasteiger partial charge in [-0.1, -0.05) is 53.7 Å². The molecule has 0 fully saturated rings. The van der Waals surface area contributed by atoms with Gasteiger partial charge < -0.3 is 4.90 Å². The Balaban J connectivity index is 1.82. The minimum absolute atomic E-state index is 0.0332. The second kappa shape index (κ2) is 9.21. The molecule has 0 radical (unpaired) electrons. The standard InChI is InChI=1S/C23H20ClN5O3S/c1-27(14-9-5-4-6-10-14)17(30)13-33-21-18-20(28(2)23(32)29(3)22(18)31)25-19(26-21)15-11-7-8-12-16(15)24/h4-12H,13H2,1-3H3. The van der Waals surface area contributed by atoms with E-state index in [0.717, 1.165) is 22.0 Å². The third kappa shape index (κ3) is 4.29. The van der Waals surface area contributed by atoms with Crippen molar-refractivity contribution in [2.24, 2.45) is 14.1 Å². The van der Waals surface area contributed by atoms with E-state index in [0.29, 0.717) is 15.6 Å². The van der Waals surface area contributed by atoms with Gasteiger partial charge in [-0.15, -0.1) is 0 Å². The van der Waals surface area contributed by atoms with Crippen molar-refractivity contribution in [3.8, 4) is 11.4 Å². The SMILES string of the molecule is CN(C(=O)CSc1nc(-c2ccccc2Cl)nc2c1c(=O)n(C)c(=O)n2C)c1ccccc1. The number of nitrogens with zero attached hydrogens (tertiary/aromatic N) is 5. The lowest BCUT2D eigenvalue weighted by Gasteiger charge is -2.17. The van der Waals surface area contributed by atoms with Crippen molar-refractivity contribution in [1.29, 1.82) is 0 Å². The summed E-state index contributed by atoms with van der Waals surface area (Å²) in [5.74, 6) is 0.132. The summed E-state index contributed by atoms with van der Waals surface area (Å²) in [6.45, 7) is 0. The Kier molecular flexibility index (Phi) is 6.35. The van der Waals surface area contributed by atoms with Crippen LogP contribution in [0.4, 0.5) is 5.69 Å². The minimum Gasteiger partial charge on any atom is -0.315 e. The zero-order valence-electron chi connectivity index (χ0n) is 18.2. The molecule has 4 rings (SSSR count). The van der Waals surface area contributed by atoms with Crippen LogP contribution in [0.2, 0.25) is 5.02 Å². The number of thioether (sulfide) groups is 1. The number of aromatic nitrogens is 4. The van der Waals surface area contributed by atoms with Gasteiger partial charge in [0.05, 0.1) is 10.8 Å². The summed E-state index contributed by atoms with van der Waals surface area (Å²) in [7, 11) is 4.62. The maximum Gasteiger partial charge on any atom is 0.332 e. The average molecular weight is 482 g/mol. The first-order valence-corrected chi connectivity index (χ1v) is 11.3. The van der Waals surface area contributed by atoms with Crippen molar-refractivity contribution in [1.82, 2.24) is 19.1 Å². The molecule has 0 N–H and O–H groups in total. The topological polar surface area (TPSA) is 90.1 Å². The number of halogens is 1. The molecule has 2 aromatic heterocycles. The van der Waals surface area contributed by atoms with Crippen molar-refractivity contribution in [3.63, 3.8) is 0 Å². The average Bonchev–Trinajstić information content (AvgIpc) is 2.84. The van der Waals surface area contributed by atoms with Gasteiger partial charge in [0.25, 0.3) is 5.56 Å². The maximum absolute atomic E-state index is 13.0. The second-order valence-electron chi connectivity index (χ2n) is 7.31. The Morgan fingerprint density at radius 2 is 1.67 bits per heavy atom. The van der Waals surface area contributed by atoms with Gasteiger partial charge in [0.2, 0.25) is 5.91 Å². The predicted octanol–water partition coefficient (Wildman–Crippen LogP) is 3.10. The zero-order valence-corrected chi connectivity index (χ0v) is 19.7. The summed E-state index contributed by atoms with van der Waals surface area (Å²) >= 11 is 7.46. The molecule has 0 aliphatic carbocycles. The Morgan fingerprint density at radius 1 is 1.00 bits per heavy atom. The van der Waals surface area contributed by atoms with Crippen LogP contribution in [0.15, 0.2) is 69.2 Å². The van der Waals surface area contributed by atoms with Crippen molar-refractivity contribution in [2.75, 3.05) is 17.7 Å². The molecule has 33 heavy (non-hydrogen) atoms. The Hall–Kier alpha value is -3.43. The van der Waals surface area contributed by atoms with E-state index in [9.17, 15) is 14.4 Å². The molecule has 8 nitrogen and oxygen atoms in total. The minimum atomic E-state index is -0.523. The first-order chi connectivity index (χ1) is 15.8. The Labute approximate surface area is 198 Å². The fourth-order valence-electron chi connectivity index (χ4n) is 3.32. The summed E-state index contributed by atoms with van der Waals surface area (Å²) in [5.41, 5.74) is 0.464. The number of aryl methyl sites for hydroxylation is 1. The fourth-order valence-corrected chi connectivity index (χ4v) is 4.47. The summed E-state index contributed by atoms with van der Waals surface area (Å²) < 4.78 is 2.30. The molecule has 0 bridgehead atoms. The zero-order chi connectivity index (χ0) is 23.7. The van der Waals surface area contributed by atoms with E-state index in [1.807, 2.05) is 30.3 Å². The van der Waals surface area contributed by atoms with Crippen LogP contribution in [0.5, 0.6) is 0 Å². The van der Waals surface area contributed by atoms with Crippen LogP contribution < -0.4 is 16.1 Å². The first-order valence-electron chi connectivity index (χ1n) is 9.96. The lowest BCUT2D eigenvalue weighted by atomic mass is 10.2. The third-order valence-electron chi connectivity index (χ3n) is 5.23. The van der Waals surface area contributed by atoms with Crippen LogP contribution in [0.1, 0.15) is 0 Å². The summed E-state index contributed by atoms with van der Waals surface area (Å²) in [5, 5.41) is 0.915. The van der Waals surface area contributed by atoms with Crippen LogP contribution in [-0.2, 0) is 18.9 Å². The largest absolute Gasteiger partial charge is 0.332 e. The molecule has 0 spiro atoms. The smallest absolute Gasteiger partial charge is 0.315 e. The fraction of sp³-hybridized carbons (Fsp3) is 0.174. The lowest BCUT2D eigenvalue weighted by Crippen LogP contribution is -2.37. The van der Waals surface area contributed by atoms with Gasteiger partial charge in [-0.05, 0) is 24.3 Å². The molecule has 4 aromatic rings. The molecule has 0 atom stereocenters. The number of carbonyl (C=O) groups excluding carboxylic acids is 1. The van der Waals surface area contributed by atoms with Crippen molar-refractivity contribution < 1.29 is 4.79 Å². The maximum atomic E-state index is 13.0. The van der Waals surface area contributed by atoms with Gasteiger partial charge in [0.15, 0.2) is 11.5 Å². The molecule has 168 valence electrons. The monoisotopic (exact) mass is 481 g/mol. The summed E-state index contributed by atoms with van der Waals surface area (Å²) in [6.07, 6.45) is 0. The number of rotatable bonds is 5. The van der Waals surface area contributed by atoms with Crippen LogP contribution in [0.25, 0.3) is 22.4 Å². The molecular formula is C23H20ClN5O3S. The Bertz CT molecular complexity index is 1480. The number of carbonyl (C=O) groups is 1. The molecule has 2 aromatic carbocycles. The molecule has 0 aliphatic rings. The third-order valence-corrected chi connectivity index (χ3v) is 6.52. The van der Waals surface area contributed by atoms with Crippen LogP contribution in [0.3, 0.4) is 0 Å². The molecule has 0 unspecified atom stereocenters. The summed E-state index contributed by atoms with van der Waals surface area (Å²) in [4.78, 5) is 48.9. The number of benzene rings is 2. The van der Waals surface area contributed by atoms with E-state index in [2.05, 4.69) is 9.97 Å². The number of hydrogen-bond donors (Lipinski definition) is 0. The number of hydrogen-bond acceptors (Lipinski definition) is 6. The van der Waals surface area contributed by atoms with Gasteiger partial charge in [-0.2, -0.15) is 0 Å². The van der Waals surface area contributed by atoms with E-state index < -0.39 is 11.2 Å². The number of fused-ring (bicyclic) bond motifs is 1. The van der Waals surface area contributed by atoms with Gasteiger partial charge in [0, 0.05) is 32.4 Å². The molecule has 0 saturated carbocycles. The van der Waals surface area contributed by atoms with Crippen LogP contribution >= 0.6 is 23.4 Å². The first kappa shape index (κ1) is 22.8. The lowest BCUT2D eigenvalue weighted by molar-refractivity contribution is -0.115. The normalized spacial score (nSPS) is 11.0. The van der Waals surface area contributed by atoms with Crippen molar-refractivity contribution >= 4 is 46.0 Å². The van der Waals surface area contributed by atoms with E-state index in [1.54, 1.807) is 36.2 Å². The van der Waals surface area contributed by atoms with Gasteiger partial charge >= 0.3 is 5.69 Å². The highest BCUT2D eigenvalue weighted by atomic mass is 35.5. The quantitative estimate of drug-likeness (QED) is 0.321. The van der Waals surface area contributed by atoms with Crippen LogP contribution in [0, 0.1) is 0 Å².